The Kier molecular flexibility index (Phi) is 3.62. The van der Waals surface area contributed by atoms with Gasteiger partial charge in [-0.15, -0.1) is 0 Å². The highest BCUT2D eigenvalue weighted by Gasteiger charge is 2.29. The predicted octanol–water partition coefficient (Wildman–Crippen LogP) is 1.01. The largest absolute Gasteiger partial charge is 0.416 e. The quantitative estimate of drug-likeness (QED) is 0.594. The average Bonchev–Trinajstić information content (AvgIpc) is 2.14. The first-order valence-electron chi connectivity index (χ1n) is 4.06. The SMILES string of the molecule is NC(=[NH2+])SCc1ccc(C(F)(F)F)cc1. The summed E-state index contributed by atoms with van der Waals surface area (Å²) in [6.07, 6.45) is -4.29. The molecule has 0 radical (unpaired) electrons. The molecule has 0 unspecified atom stereocenters. The Morgan fingerprint density at radius 3 is 2.20 bits per heavy atom. The van der Waals surface area contributed by atoms with Crippen LogP contribution in [0.1, 0.15) is 11.1 Å². The van der Waals surface area contributed by atoms with Crippen molar-refractivity contribution in [3.05, 3.63) is 35.4 Å². The summed E-state index contributed by atoms with van der Waals surface area (Å²) in [5, 5.41) is 5.42. The molecule has 0 spiro atoms. The van der Waals surface area contributed by atoms with Gasteiger partial charge in [0.1, 0.15) is 0 Å². The lowest BCUT2D eigenvalue weighted by Crippen LogP contribution is -2.43. The van der Waals surface area contributed by atoms with E-state index >= 15 is 0 Å². The van der Waals surface area contributed by atoms with Crippen molar-refractivity contribution in [2.45, 2.75) is 11.9 Å². The first-order valence-corrected chi connectivity index (χ1v) is 5.05. The minimum Gasteiger partial charge on any atom is -0.282 e. The van der Waals surface area contributed by atoms with E-state index in [2.05, 4.69) is 0 Å². The number of halogens is 3. The zero-order valence-corrected chi connectivity index (χ0v) is 8.53. The van der Waals surface area contributed by atoms with Crippen molar-refractivity contribution in [3.8, 4) is 0 Å². The summed E-state index contributed by atoms with van der Waals surface area (Å²) in [5.74, 6) is 0.473. The van der Waals surface area contributed by atoms with Crippen molar-refractivity contribution < 1.29 is 18.6 Å². The fourth-order valence-corrected chi connectivity index (χ4v) is 1.48. The van der Waals surface area contributed by atoms with Gasteiger partial charge in [0.25, 0.3) is 5.17 Å². The number of hydrogen-bond acceptors (Lipinski definition) is 1. The number of hydrogen-bond donors (Lipinski definition) is 2. The predicted molar refractivity (Wildman–Crippen MR) is 53.9 cm³/mol. The molecule has 0 aliphatic carbocycles. The van der Waals surface area contributed by atoms with E-state index < -0.39 is 11.7 Å². The molecular weight excluding hydrogens is 225 g/mol. The smallest absolute Gasteiger partial charge is 0.282 e. The summed E-state index contributed by atoms with van der Waals surface area (Å²) in [7, 11) is 0. The van der Waals surface area contributed by atoms with Crippen LogP contribution in [0.15, 0.2) is 24.3 Å². The normalized spacial score (nSPS) is 11.4. The Hall–Kier alpha value is -1.17. The summed E-state index contributed by atoms with van der Waals surface area (Å²) in [4.78, 5) is 0. The number of rotatable bonds is 2. The second kappa shape index (κ2) is 4.57. The molecule has 0 bridgehead atoms. The van der Waals surface area contributed by atoms with Crippen molar-refractivity contribution >= 4 is 16.9 Å². The molecule has 15 heavy (non-hydrogen) atoms. The van der Waals surface area contributed by atoms with Crippen LogP contribution in [0.2, 0.25) is 0 Å². The van der Waals surface area contributed by atoms with E-state index in [1.165, 1.54) is 23.9 Å². The minimum absolute atomic E-state index is 0.204. The van der Waals surface area contributed by atoms with Crippen molar-refractivity contribution in [3.63, 3.8) is 0 Å². The molecule has 0 atom stereocenters. The van der Waals surface area contributed by atoms with Crippen LogP contribution >= 0.6 is 11.8 Å². The van der Waals surface area contributed by atoms with Crippen molar-refractivity contribution in [1.82, 2.24) is 0 Å². The fraction of sp³-hybridized carbons (Fsp3) is 0.222. The van der Waals surface area contributed by atoms with Crippen LogP contribution in [0.25, 0.3) is 0 Å². The van der Waals surface area contributed by atoms with Gasteiger partial charge in [-0.1, -0.05) is 12.1 Å². The zero-order chi connectivity index (χ0) is 11.5. The highest BCUT2D eigenvalue weighted by Crippen LogP contribution is 2.29. The standard InChI is InChI=1S/C9H9F3N2S/c10-9(11,12)7-3-1-6(2-4-7)5-15-8(13)14/h1-4H,5H2,(H3,13,14)/p+1. The number of benzene rings is 1. The van der Waals surface area contributed by atoms with Crippen molar-refractivity contribution in [2.24, 2.45) is 5.73 Å². The lowest BCUT2D eigenvalue weighted by Gasteiger charge is -2.06. The molecule has 1 aromatic carbocycles. The minimum atomic E-state index is -4.29. The summed E-state index contributed by atoms with van der Waals surface area (Å²) in [5.41, 5.74) is 5.32. The molecule has 0 saturated carbocycles. The van der Waals surface area contributed by atoms with Crippen LogP contribution < -0.4 is 11.1 Å². The molecule has 1 rings (SSSR count). The fourth-order valence-electron chi connectivity index (χ4n) is 0.957. The van der Waals surface area contributed by atoms with E-state index in [1.54, 1.807) is 0 Å². The molecule has 82 valence electrons. The molecule has 4 N–H and O–H groups in total. The molecule has 0 fully saturated rings. The van der Waals surface area contributed by atoms with Gasteiger partial charge in [0.2, 0.25) is 0 Å². The molecule has 6 heteroatoms. The molecule has 1 aromatic rings. The van der Waals surface area contributed by atoms with Gasteiger partial charge < -0.3 is 0 Å². The Morgan fingerprint density at radius 1 is 1.27 bits per heavy atom. The lowest BCUT2D eigenvalue weighted by atomic mass is 10.1. The number of alkyl halides is 3. The number of amidine groups is 1. The molecule has 0 heterocycles. The molecule has 2 nitrogen and oxygen atoms in total. The summed E-state index contributed by atoms with van der Waals surface area (Å²) in [6.45, 7) is 0. The van der Waals surface area contributed by atoms with Gasteiger partial charge in [-0.05, 0) is 29.5 Å². The van der Waals surface area contributed by atoms with E-state index in [4.69, 9.17) is 11.1 Å². The third-order valence-corrected chi connectivity index (χ3v) is 2.50. The van der Waals surface area contributed by atoms with Gasteiger partial charge in [-0.3, -0.25) is 11.1 Å². The van der Waals surface area contributed by atoms with E-state index in [-0.39, 0.29) is 5.17 Å². The summed E-state index contributed by atoms with van der Waals surface area (Å²) < 4.78 is 36.6. The van der Waals surface area contributed by atoms with Crippen LogP contribution in [-0.2, 0) is 11.9 Å². The maximum Gasteiger partial charge on any atom is 0.416 e. The second-order valence-electron chi connectivity index (χ2n) is 2.89. The third kappa shape index (κ3) is 3.83. The van der Waals surface area contributed by atoms with Crippen molar-refractivity contribution in [1.29, 1.82) is 0 Å². The van der Waals surface area contributed by atoms with Crippen LogP contribution in [0.3, 0.4) is 0 Å². The van der Waals surface area contributed by atoms with Gasteiger partial charge in [-0.25, -0.2) is 0 Å². The molecule has 0 aliphatic rings. The zero-order valence-electron chi connectivity index (χ0n) is 7.71. The van der Waals surface area contributed by atoms with E-state index in [0.29, 0.717) is 5.75 Å². The molecular formula is C9H10F3N2S+. The van der Waals surface area contributed by atoms with Crippen molar-refractivity contribution in [2.75, 3.05) is 0 Å². The number of nitrogens with two attached hydrogens (primary N) is 2. The Balaban J connectivity index is 2.69. The van der Waals surface area contributed by atoms with E-state index in [0.717, 1.165) is 17.7 Å². The highest BCUT2D eigenvalue weighted by molar-refractivity contribution is 8.12. The Labute approximate surface area is 89.2 Å². The highest BCUT2D eigenvalue weighted by atomic mass is 32.2. The third-order valence-electron chi connectivity index (χ3n) is 1.69. The van der Waals surface area contributed by atoms with Gasteiger partial charge in [0.15, 0.2) is 0 Å². The van der Waals surface area contributed by atoms with E-state index in [9.17, 15) is 13.2 Å². The van der Waals surface area contributed by atoms with Gasteiger partial charge in [-0.2, -0.15) is 13.2 Å². The first-order chi connectivity index (χ1) is 6.89. The van der Waals surface area contributed by atoms with Crippen LogP contribution in [0.4, 0.5) is 13.2 Å². The van der Waals surface area contributed by atoms with Crippen LogP contribution in [-0.4, -0.2) is 5.17 Å². The monoisotopic (exact) mass is 235 g/mol. The molecule has 0 aromatic heterocycles. The maximum absolute atomic E-state index is 12.2. The van der Waals surface area contributed by atoms with E-state index in [1.807, 2.05) is 0 Å². The van der Waals surface area contributed by atoms with Crippen LogP contribution in [0, 0.1) is 0 Å². The Bertz CT molecular complexity index is 345. The average molecular weight is 235 g/mol. The van der Waals surface area contributed by atoms with Crippen LogP contribution in [0.5, 0.6) is 0 Å². The topological polar surface area (TPSA) is 51.6 Å². The summed E-state index contributed by atoms with van der Waals surface area (Å²) in [6, 6.07) is 4.92. The number of thioether (sulfide) groups is 1. The lowest BCUT2D eigenvalue weighted by molar-refractivity contribution is -0.137. The molecule has 0 aliphatic heterocycles. The second-order valence-corrected chi connectivity index (χ2v) is 3.93. The van der Waals surface area contributed by atoms with Gasteiger partial charge >= 0.3 is 6.18 Å². The first kappa shape index (κ1) is 11.9. The Morgan fingerprint density at radius 2 is 1.80 bits per heavy atom. The maximum atomic E-state index is 12.2. The van der Waals surface area contributed by atoms with Gasteiger partial charge in [0.05, 0.1) is 5.56 Å². The van der Waals surface area contributed by atoms with Gasteiger partial charge in [0, 0.05) is 5.75 Å². The molecule has 0 amide bonds. The molecule has 0 saturated heterocycles. The summed E-state index contributed by atoms with van der Waals surface area (Å²) >= 11 is 1.19.